The molecule has 5 heteroatoms. The molecule has 20 heavy (non-hydrogen) atoms. The van der Waals surface area contributed by atoms with Gasteiger partial charge in [0.15, 0.2) is 0 Å². The van der Waals surface area contributed by atoms with Crippen molar-refractivity contribution in [3.8, 4) is 0 Å². The molecule has 0 fully saturated rings. The molecule has 4 nitrogen and oxygen atoms in total. The first-order valence-electron chi connectivity index (χ1n) is 6.75. The molecule has 0 saturated heterocycles. The minimum atomic E-state index is -0.942. The average molecular weight is 340 g/mol. The molecule has 108 valence electrons. The summed E-state index contributed by atoms with van der Waals surface area (Å²) in [5.41, 5.74) is 2.02. The van der Waals surface area contributed by atoms with E-state index in [9.17, 15) is 14.7 Å². The predicted octanol–water partition coefficient (Wildman–Crippen LogP) is 2.83. The summed E-state index contributed by atoms with van der Waals surface area (Å²) in [6, 6.07) is 5.00. The second kappa shape index (κ2) is 5.95. The lowest BCUT2D eigenvalue weighted by atomic mass is 9.92. The van der Waals surface area contributed by atoms with Gasteiger partial charge in [0.05, 0.1) is 0 Å². The van der Waals surface area contributed by atoms with Crippen molar-refractivity contribution in [2.24, 2.45) is 5.92 Å². The predicted molar refractivity (Wildman–Crippen MR) is 79.3 cm³/mol. The Hall–Kier alpha value is -1.36. The number of hydrogen-bond acceptors (Lipinski definition) is 2. The van der Waals surface area contributed by atoms with Gasteiger partial charge in [-0.25, -0.2) is 4.79 Å². The second-order valence-corrected chi connectivity index (χ2v) is 6.07. The van der Waals surface area contributed by atoms with Crippen LogP contribution < -0.4 is 0 Å². The first-order chi connectivity index (χ1) is 9.45. The van der Waals surface area contributed by atoms with Crippen LogP contribution in [0.4, 0.5) is 0 Å². The molecule has 1 aliphatic rings. The van der Waals surface area contributed by atoms with Gasteiger partial charge in [0.1, 0.15) is 6.04 Å². The Morgan fingerprint density at radius 3 is 2.80 bits per heavy atom. The van der Waals surface area contributed by atoms with E-state index in [-0.39, 0.29) is 11.8 Å². The van der Waals surface area contributed by atoms with E-state index in [0.717, 1.165) is 15.6 Å². The van der Waals surface area contributed by atoms with E-state index in [4.69, 9.17) is 0 Å². The summed E-state index contributed by atoms with van der Waals surface area (Å²) in [6.07, 6.45) is 1.07. The highest BCUT2D eigenvalue weighted by atomic mass is 79.9. The average Bonchev–Trinajstić information content (AvgIpc) is 2.44. The second-order valence-electron chi connectivity index (χ2n) is 5.21. The van der Waals surface area contributed by atoms with E-state index < -0.39 is 12.0 Å². The molecule has 0 aromatic heterocycles. The number of carboxylic acids is 1. The fourth-order valence-corrected chi connectivity index (χ4v) is 3.06. The first-order valence-corrected chi connectivity index (χ1v) is 7.54. The van der Waals surface area contributed by atoms with Gasteiger partial charge in [-0.15, -0.1) is 0 Å². The molecule has 2 rings (SSSR count). The van der Waals surface area contributed by atoms with Crippen molar-refractivity contribution in [3.63, 3.8) is 0 Å². The van der Waals surface area contributed by atoms with Crippen LogP contribution in [0.15, 0.2) is 22.7 Å². The maximum atomic E-state index is 12.4. The number of carboxylic acid groups (broad SMARTS) is 1. The highest BCUT2D eigenvalue weighted by molar-refractivity contribution is 9.10. The standard InChI is InChI=1S/C15H18BrNO3/c1-3-9(2)14(18)17-8-10-5-4-6-12(16)11(10)7-13(17)15(19)20/h4-6,9,13H,3,7-8H2,1-2H3,(H,19,20). The fourth-order valence-electron chi connectivity index (χ4n) is 2.49. The lowest BCUT2D eigenvalue weighted by Gasteiger charge is -2.36. The summed E-state index contributed by atoms with van der Waals surface area (Å²) in [6.45, 7) is 4.15. The SMILES string of the molecule is CCC(C)C(=O)N1Cc2cccc(Br)c2CC1C(=O)O. The van der Waals surface area contributed by atoms with Crippen LogP contribution in [0.25, 0.3) is 0 Å². The maximum Gasteiger partial charge on any atom is 0.326 e. The highest BCUT2D eigenvalue weighted by Crippen LogP contribution is 2.30. The van der Waals surface area contributed by atoms with Crippen LogP contribution in [0.2, 0.25) is 0 Å². The van der Waals surface area contributed by atoms with Crippen LogP contribution in [0.3, 0.4) is 0 Å². The van der Waals surface area contributed by atoms with Crippen molar-refractivity contribution >= 4 is 27.8 Å². The zero-order chi connectivity index (χ0) is 14.9. The van der Waals surface area contributed by atoms with Gasteiger partial charge in [0.25, 0.3) is 0 Å². The molecule has 0 spiro atoms. The minimum Gasteiger partial charge on any atom is -0.480 e. The van der Waals surface area contributed by atoms with Gasteiger partial charge in [-0.3, -0.25) is 4.79 Å². The molecule has 1 aromatic rings. The van der Waals surface area contributed by atoms with E-state index >= 15 is 0 Å². The highest BCUT2D eigenvalue weighted by Gasteiger charge is 2.36. The van der Waals surface area contributed by atoms with Crippen LogP contribution in [-0.4, -0.2) is 27.9 Å². The molecule has 1 heterocycles. The molecule has 1 aliphatic heterocycles. The minimum absolute atomic E-state index is 0.0782. The largest absolute Gasteiger partial charge is 0.480 e. The van der Waals surface area contributed by atoms with E-state index in [1.165, 1.54) is 4.90 Å². The van der Waals surface area contributed by atoms with E-state index in [0.29, 0.717) is 19.4 Å². The van der Waals surface area contributed by atoms with Gasteiger partial charge in [-0.1, -0.05) is 41.9 Å². The van der Waals surface area contributed by atoms with Gasteiger partial charge in [-0.2, -0.15) is 0 Å². The summed E-state index contributed by atoms with van der Waals surface area (Å²) < 4.78 is 0.914. The van der Waals surface area contributed by atoms with Gasteiger partial charge < -0.3 is 10.0 Å². The number of amides is 1. The Morgan fingerprint density at radius 1 is 1.50 bits per heavy atom. The number of fused-ring (bicyclic) bond motifs is 1. The Balaban J connectivity index is 2.37. The molecule has 2 atom stereocenters. The van der Waals surface area contributed by atoms with E-state index in [2.05, 4.69) is 15.9 Å². The fraction of sp³-hybridized carbons (Fsp3) is 0.467. The van der Waals surface area contributed by atoms with E-state index in [1.807, 2.05) is 32.0 Å². The molecule has 0 aliphatic carbocycles. The number of aliphatic carboxylic acids is 1. The number of carbonyl (C=O) groups is 2. The summed E-state index contributed by atoms with van der Waals surface area (Å²) >= 11 is 3.46. The van der Waals surface area contributed by atoms with Crippen molar-refractivity contribution in [2.45, 2.75) is 39.3 Å². The number of hydrogen-bond donors (Lipinski definition) is 1. The molecule has 0 bridgehead atoms. The molecule has 1 aromatic carbocycles. The van der Waals surface area contributed by atoms with Crippen LogP contribution in [0.5, 0.6) is 0 Å². The first kappa shape index (κ1) is 15.0. The van der Waals surface area contributed by atoms with Gasteiger partial charge >= 0.3 is 5.97 Å². The Bertz CT molecular complexity index is 544. The molecule has 1 amide bonds. The number of carbonyl (C=O) groups excluding carboxylic acids is 1. The summed E-state index contributed by atoms with van der Waals surface area (Å²) in [7, 11) is 0. The lowest BCUT2D eigenvalue weighted by Crippen LogP contribution is -2.50. The van der Waals surface area contributed by atoms with Crippen LogP contribution in [0.1, 0.15) is 31.4 Å². The monoisotopic (exact) mass is 339 g/mol. The van der Waals surface area contributed by atoms with Gasteiger partial charge in [0, 0.05) is 23.4 Å². The third-order valence-corrected chi connectivity index (χ3v) is 4.68. The molecule has 0 saturated carbocycles. The lowest BCUT2D eigenvalue weighted by molar-refractivity contribution is -0.153. The zero-order valence-electron chi connectivity index (χ0n) is 11.6. The number of rotatable bonds is 3. The Kier molecular flexibility index (Phi) is 4.48. The smallest absolute Gasteiger partial charge is 0.326 e. The third kappa shape index (κ3) is 2.73. The van der Waals surface area contributed by atoms with E-state index in [1.54, 1.807) is 0 Å². The molecular formula is C15H18BrNO3. The number of nitrogens with zero attached hydrogens (tertiary/aromatic N) is 1. The van der Waals surface area contributed by atoms with Crippen molar-refractivity contribution in [1.29, 1.82) is 0 Å². The van der Waals surface area contributed by atoms with Crippen molar-refractivity contribution in [1.82, 2.24) is 4.90 Å². The quantitative estimate of drug-likeness (QED) is 0.921. The molecule has 1 N–H and O–H groups in total. The van der Waals surface area contributed by atoms with Crippen LogP contribution >= 0.6 is 15.9 Å². The Labute approximate surface area is 126 Å². The van der Waals surface area contributed by atoms with Crippen molar-refractivity contribution in [3.05, 3.63) is 33.8 Å². The van der Waals surface area contributed by atoms with Crippen LogP contribution in [-0.2, 0) is 22.6 Å². The topological polar surface area (TPSA) is 57.6 Å². The van der Waals surface area contributed by atoms with Crippen LogP contribution in [0, 0.1) is 5.92 Å². The van der Waals surface area contributed by atoms with Crippen molar-refractivity contribution in [2.75, 3.05) is 0 Å². The summed E-state index contributed by atoms with van der Waals surface area (Å²) in [4.78, 5) is 25.4. The third-order valence-electron chi connectivity index (χ3n) is 3.93. The zero-order valence-corrected chi connectivity index (χ0v) is 13.2. The number of benzene rings is 1. The molecular weight excluding hydrogens is 322 g/mol. The molecule has 2 unspecified atom stereocenters. The maximum absolute atomic E-state index is 12.4. The normalized spacial score (nSPS) is 19.4. The number of halogens is 1. The Morgan fingerprint density at radius 2 is 2.20 bits per heavy atom. The summed E-state index contributed by atoms with van der Waals surface area (Å²) in [5.74, 6) is -1.17. The van der Waals surface area contributed by atoms with Gasteiger partial charge in [-0.05, 0) is 23.6 Å². The van der Waals surface area contributed by atoms with Crippen molar-refractivity contribution < 1.29 is 14.7 Å². The molecule has 0 radical (unpaired) electrons. The van der Waals surface area contributed by atoms with Gasteiger partial charge in [0.2, 0.25) is 5.91 Å². The summed E-state index contributed by atoms with van der Waals surface area (Å²) in [5, 5.41) is 9.42.